The Kier molecular flexibility index (Phi) is 4.01. The van der Waals surface area contributed by atoms with Crippen molar-refractivity contribution in [3.05, 3.63) is 34.4 Å². The zero-order valence-corrected chi connectivity index (χ0v) is 11.0. The average Bonchev–Trinajstić information content (AvgIpc) is 2.80. The first-order chi connectivity index (χ1) is 8.96. The van der Waals surface area contributed by atoms with Gasteiger partial charge in [0.25, 0.3) is 5.69 Å². The van der Waals surface area contributed by atoms with Crippen molar-refractivity contribution in [1.29, 1.82) is 0 Å². The molecule has 1 aromatic rings. The van der Waals surface area contributed by atoms with E-state index < -0.39 is 14.9 Å². The SMILES string of the molecule is O=[N+]([O-])c1cccc(NS(=O)(=O)CC2CCCN2)c1. The minimum Gasteiger partial charge on any atom is -0.313 e. The Morgan fingerprint density at radius 2 is 2.26 bits per heavy atom. The number of sulfonamides is 1. The summed E-state index contributed by atoms with van der Waals surface area (Å²) in [5.41, 5.74) is 0.0754. The zero-order valence-electron chi connectivity index (χ0n) is 10.2. The highest BCUT2D eigenvalue weighted by molar-refractivity contribution is 7.92. The maximum Gasteiger partial charge on any atom is 0.271 e. The van der Waals surface area contributed by atoms with Crippen molar-refractivity contribution in [3.63, 3.8) is 0 Å². The van der Waals surface area contributed by atoms with Gasteiger partial charge in [0.2, 0.25) is 10.0 Å². The molecule has 104 valence electrons. The van der Waals surface area contributed by atoms with Gasteiger partial charge in [-0.25, -0.2) is 8.42 Å². The molecule has 0 amide bonds. The van der Waals surface area contributed by atoms with Crippen LogP contribution in [0.4, 0.5) is 11.4 Å². The number of hydrogen-bond donors (Lipinski definition) is 2. The first kappa shape index (κ1) is 13.8. The molecule has 1 aliphatic rings. The number of hydrogen-bond acceptors (Lipinski definition) is 5. The topological polar surface area (TPSA) is 101 Å². The summed E-state index contributed by atoms with van der Waals surface area (Å²) in [6, 6.07) is 5.42. The van der Waals surface area contributed by atoms with Gasteiger partial charge >= 0.3 is 0 Å². The molecular formula is C11H15N3O4S. The van der Waals surface area contributed by atoms with Crippen LogP contribution in [0.5, 0.6) is 0 Å². The minimum atomic E-state index is -3.50. The summed E-state index contributed by atoms with van der Waals surface area (Å²) in [6.45, 7) is 0.830. The smallest absolute Gasteiger partial charge is 0.271 e. The molecule has 0 aliphatic carbocycles. The van der Waals surface area contributed by atoms with E-state index in [1.807, 2.05) is 0 Å². The molecule has 0 radical (unpaired) electrons. The lowest BCUT2D eigenvalue weighted by Crippen LogP contribution is -2.32. The highest BCUT2D eigenvalue weighted by Gasteiger charge is 2.22. The molecule has 1 aliphatic heterocycles. The fraction of sp³-hybridized carbons (Fsp3) is 0.455. The maximum atomic E-state index is 11.9. The lowest BCUT2D eigenvalue weighted by atomic mass is 10.3. The number of non-ortho nitro benzene ring substituents is 1. The second-order valence-electron chi connectivity index (χ2n) is 4.48. The zero-order chi connectivity index (χ0) is 13.9. The van der Waals surface area contributed by atoms with E-state index >= 15 is 0 Å². The number of nitro groups is 1. The first-order valence-corrected chi connectivity index (χ1v) is 7.60. The minimum absolute atomic E-state index is 0.0182. The van der Waals surface area contributed by atoms with Crippen molar-refractivity contribution in [1.82, 2.24) is 5.32 Å². The Hall–Kier alpha value is -1.67. The number of benzene rings is 1. The van der Waals surface area contributed by atoms with Gasteiger partial charge in [-0.2, -0.15) is 0 Å². The van der Waals surface area contributed by atoms with Gasteiger partial charge in [-0.05, 0) is 25.5 Å². The first-order valence-electron chi connectivity index (χ1n) is 5.94. The molecule has 0 aromatic heterocycles. The van der Waals surface area contributed by atoms with Crippen molar-refractivity contribution in [2.75, 3.05) is 17.0 Å². The lowest BCUT2D eigenvalue weighted by Gasteiger charge is -2.12. The normalized spacial score (nSPS) is 19.3. The van der Waals surface area contributed by atoms with E-state index in [-0.39, 0.29) is 23.2 Å². The summed E-state index contributed by atoms with van der Waals surface area (Å²) in [5, 5.41) is 13.7. The Labute approximate surface area is 111 Å². The molecule has 1 saturated heterocycles. The average molecular weight is 285 g/mol. The van der Waals surface area contributed by atoms with Gasteiger partial charge in [0.15, 0.2) is 0 Å². The standard InChI is InChI=1S/C11H15N3O4S/c15-14(16)11-5-1-3-9(7-11)13-19(17,18)8-10-4-2-6-12-10/h1,3,5,7,10,12-13H,2,4,6,8H2. The summed E-state index contributed by atoms with van der Waals surface area (Å²) < 4.78 is 26.2. The van der Waals surface area contributed by atoms with Crippen molar-refractivity contribution >= 4 is 21.4 Å². The van der Waals surface area contributed by atoms with Crippen molar-refractivity contribution in [3.8, 4) is 0 Å². The second-order valence-corrected chi connectivity index (χ2v) is 6.25. The van der Waals surface area contributed by atoms with Gasteiger partial charge in [0.1, 0.15) is 0 Å². The number of nitro benzene ring substituents is 1. The summed E-state index contributed by atoms with van der Waals surface area (Å²) in [4.78, 5) is 10.1. The van der Waals surface area contributed by atoms with Crippen LogP contribution in [0.25, 0.3) is 0 Å². The van der Waals surface area contributed by atoms with Gasteiger partial charge in [0.05, 0.1) is 16.4 Å². The van der Waals surface area contributed by atoms with Gasteiger partial charge in [-0.3, -0.25) is 14.8 Å². The molecule has 19 heavy (non-hydrogen) atoms. The molecule has 0 bridgehead atoms. The van der Waals surface area contributed by atoms with Crippen LogP contribution < -0.4 is 10.0 Å². The summed E-state index contributed by atoms with van der Waals surface area (Å²) >= 11 is 0. The van der Waals surface area contributed by atoms with E-state index in [1.54, 1.807) is 0 Å². The second kappa shape index (κ2) is 5.54. The Morgan fingerprint density at radius 3 is 2.89 bits per heavy atom. The fourth-order valence-electron chi connectivity index (χ4n) is 2.07. The molecule has 1 aromatic carbocycles. The summed E-state index contributed by atoms with van der Waals surface area (Å²) in [7, 11) is -3.50. The molecule has 1 fully saturated rings. The molecule has 1 heterocycles. The van der Waals surface area contributed by atoms with Crippen LogP contribution in [-0.2, 0) is 10.0 Å². The fourth-order valence-corrected chi connectivity index (χ4v) is 3.45. The Bertz CT molecular complexity index is 567. The van der Waals surface area contributed by atoms with Crippen LogP contribution in [0, 0.1) is 10.1 Å². The quantitative estimate of drug-likeness (QED) is 0.623. The largest absolute Gasteiger partial charge is 0.313 e. The number of nitrogens with one attached hydrogen (secondary N) is 2. The molecule has 8 heteroatoms. The van der Waals surface area contributed by atoms with Crippen LogP contribution in [0.15, 0.2) is 24.3 Å². The predicted molar refractivity (Wildman–Crippen MR) is 71.5 cm³/mol. The van der Waals surface area contributed by atoms with E-state index in [9.17, 15) is 18.5 Å². The third kappa shape index (κ3) is 3.90. The van der Waals surface area contributed by atoms with Crippen LogP contribution in [0.1, 0.15) is 12.8 Å². The van der Waals surface area contributed by atoms with Gasteiger partial charge in [0, 0.05) is 18.2 Å². The van der Waals surface area contributed by atoms with Crippen LogP contribution >= 0.6 is 0 Å². The third-order valence-electron chi connectivity index (χ3n) is 2.91. The molecule has 1 unspecified atom stereocenters. The van der Waals surface area contributed by atoms with E-state index in [0.717, 1.165) is 19.4 Å². The molecule has 7 nitrogen and oxygen atoms in total. The van der Waals surface area contributed by atoms with Crippen LogP contribution in [-0.4, -0.2) is 31.7 Å². The number of rotatable bonds is 5. The lowest BCUT2D eigenvalue weighted by molar-refractivity contribution is -0.384. The monoisotopic (exact) mass is 285 g/mol. The molecule has 0 spiro atoms. The van der Waals surface area contributed by atoms with E-state index in [0.29, 0.717) is 0 Å². The summed E-state index contributed by atoms with van der Waals surface area (Å²) in [6.07, 6.45) is 1.80. The van der Waals surface area contributed by atoms with Crippen LogP contribution in [0.2, 0.25) is 0 Å². The van der Waals surface area contributed by atoms with Crippen molar-refractivity contribution < 1.29 is 13.3 Å². The van der Waals surface area contributed by atoms with E-state index in [1.165, 1.54) is 24.3 Å². The molecular weight excluding hydrogens is 270 g/mol. The number of nitrogens with zero attached hydrogens (tertiary/aromatic N) is 1. The van der Waals surface area contributed by atoms with E-state index in [2.05, 4.69) is 10.0 Å². The van der Waals surface area contributed by atoms with Gasteiger partial charge in [-0.1, -0.05) is 6.07 Å². The van der Waals surface area contributed by atoms with Gasteiger partial charge in [-0.15, -0.1) is 0 Å². The molecule has 2 N–H and O–H groups in total. The van der Waals surface area contributed by atoms with Gasteiger partial charge < -0.3 is 5.32 Å². The highest BCUT2D eigenvalue weighted by Crippen LogP contribution is 2.19. The summed E-state index contributed by atoms with van der Waals surface area (Å²) in [5.74, 6) is -0.0182. The van der Waals surface area contributed by atoms with Crippen molar-refractivity contribution in [2.24, 2.45) is 0 Å². The maximum absolute atomic E-state index is 11.9. The Balaban J connectivity index is 2.06. The molecule has 2 rings (SSSR count). The highest BCUT2D eigenvalue weighted by atomic mass is 32.2. The molecule has 1 atom stereocenters. The number of anilines is 1. The predicted octanol–water partition coefficient (Wildman–Crippen LogP) is 1.09. The molecule has 0 saturated carbocycles. The third-order valence-corrected chi connectivity index (χ3v) is 4.30. The Morgan fingerprint density at radius 1 is 1.47 bits per heavy atom. The van der Waals surface area contributed by atoms with Crippen molar-refractivity contribution in [2.45, 2.75) is 18.9 Å². The van der Waals surface area contributed by atoms with Crippen LogP contribution in [0.3, 0.4) is 0 Å². The van der Waals surface area contributed by atoms with E-state index in [4.69, 9.17) is 0 Å².